The van der Waals surface area contributed by atoms with Crippen molar-refractivity contribution in [3.8, 4) is 0 Å². The summed E-state index contributed by atoms with van der Waals surface area (Å²) in [6.07, 6.45) is 0. The Hall–Kier alpha value is -1.74. The average Bonchev–Trinajstić information content (AvgIpc) is 2.71. The SMILES string of the molecule is Cc1ccc(C)n1CCNC(=O)c1ccc(Cl)cc1. The summed E-state index contributed by atoms with van der Waals surface area (Å²) in [4.78, 5) is 11.9. The summed E-state index contributed by atoms with van der Waals surface area (Å²) >= 11 is 5.79. The summed E-state index contributed by atoms with van der Waals surface area (Å²) in [6, 6.07) is 11.0. The van der Waals surface area contributed by atoms with E-state index in [0.717, 1.165) is 6.54 Å². The molecule has 0 aliphatic heterocycles. The second kappa shape index (κ2) is 5.93. The number of benzene rings is 1. The molecule has 1 aromatic carbocycles. The molecule has 0 saturated carbocycles. The molecule has 0 aliphatic carbocycles. The number of aromatic nitrogens is 1. The molecular formula is C15H17ClN2O. The van der Waals surface area contributed by atoms with E-state index < -0.39 is 0 Å². The van der Waals surface area contributed by atoms with E-state index in [1.165, 1.54) is 11.4 Å². The van der Waals surface area contributed by atoms with E-state index in [0.29, 0.717) is 17.1 Å². The Morgan fingerprint density at radius 3 is 2.26 bits per heavy atom. The summed E-state index contributed by atoms with van der Waals surface area (Å²) in [5, 5.41) is 3.54. The second-order valence-corrected chi connectivity index (χ2v) is 4.97. The number of nitrogens with one attached hydrogen (secondary N) is 1. The Balaban J connectivity index is 1.89. The maximum atomic E-state index is 11.9. The molecule has 0 aliphatic rings. The van der Waals surface area contributed by atoms with Gasteiger partial charge in [-0.05, 0) is 50.2 Å². The standard InChI is InChI=1S/C15H17ClN2O/c1-11-3-4-12(2)18(11)10-9-17-15(19)13-5-7-14(16)8-6-13/h3-8H,9-10H2,1-2H3,(H,17,19). The molecule has 1 heterocycles. The maximum absolute atomic E-state index is 11.9. The predicted octanol–water partition coefficient (Wildman–Crippen LogP) is 3.19. The molecular weight excluding hydrogens is 260 g/mol. The zero-order valence-corrected chi connectivity index (χ0v) is 11.9. The largest absolute Gasteiger partial charge is 0.350 e. The van der Waals surface area contributed by atoms with Crippen LogP contribution in [0.4, 0.5) is 0 Å². The van der Waals surface area contributed by atoms with E-state index in [9.17, 15) is 4.79 Å². The van der Waals surface area contributed by atoms with Gasteiger partial charge in [0.05, 0.1) is 0 Å². The smallest absolute Gasteiger partial charge is 0.251 e. The number of amides is 1. The van der Waals surface area contributed by atoms with Crippen molar-refractivity contribution in [1.29, 1.82) is 0 Å². The lowest BCUT2D eigenvalue weighted by Crippen LogP contribution is -2.27. The molecule has 1 N–H and O–H groups in total. The van der Waals surface area contributed by atoms with Crippen molar-refractivity contribution in [2.24, 2.45) is 0 Å². The molecule has 4 heteroatoms. The van der Waals surface area contributed by atoms with E-state index in [2.05, 4.69) is 35.9 Å². The van der Waals surface area contributed by atoms with Crippen LogP contribution in [0.1, 0.15) is 21.7 Å². The first-order chi connectivity index (χ1) is 9.08. The molecule has 2 rings (SSSR count). The highest BCUT2D eigenvalue weighted by atomic mass is 35.5. The van der Waals surface area contributed by atoms with Crippen molar-refractivity contribution in [3.63, 3.8) is 0 Å². The minimum Gasteiger partial charge on any atom is -0.350 e. The molecule has 0 fully saturated rings. The monoisotopic (exact) mass is 276 g/mol. The van der Waals surface area contributed by atoms with Crippen molar-refractivity contribution >= 4 is 17.5 Å². The number of halogens is 1. The van der Waals surface area contributed by atoms with Crippen molar-refractivity contribution in [1.82, 2.24) is 9.88 Å². The van der Waals surface area contributed by atoms with Crippen molar-refractivity contribution < 1.29 is 4.79 Å². The van der Waals surface area contributed by atoms with Crippen LogP contribution in [0.5, 0.6) is 0 Å². The van der Waals surface area contributed by atoms with Crippen LogP contribution in [0.15, 0.2) is 36.4 Å². The normalized spacial score (nSPS) is 10.5. The highest BCUT2D eigenvalue weighted by molar-refractivity contribution is 6.30. The van der Waals surface area contributed by atoms with E-state index in [1.54, 1.807) is 24.3 Å². The summed E-state index contributed by atoms with van der Waals surface area (Å²) in [5.74, 6) is -0.0703. The summed E-state index contributed by atoms with van der Waals surface area (Å²) in [6.45, 7) is 5.52. The third kappa shape index (κ3) is 3.38. The molecule has 0 atom stereocenters. The molecule has 0 radical (unpaired) electrons. The van der Waals surface area contributed by atoms with Gasteiger partial charge in [0.15, 0.2) is 0 Å². The van der Waals surface area contributed by atoms with E-state index >= 15 is 0 Å². The highest BCUT2D eigenvalue weighted by Crippen LogP contribution is 2.09. The third-order valence-electron chi connectivity index (χ3n) is 3.14. The third-order valence-corrected chi connectivity index (χ3v) is 3.40. The van der Waals surface area contributed by atoms with Gasteiger partial charge in [0.2, 0.25) is 0 Å². The van der Waals surface area contributed by atoms with E-state index in [1.807, 2.05) is 0 Å². The van der Waals surface area contributed by atoms with Crippen LogP contribution in [-0.4, -0.2) is 17.0 Å². The van der Waals surface area contributed by atoms with Crippen molar-refractivity contribution in [2.75, 3.05) is 6.54 Å². The van der Waals surface area contributed by atoms with Crippen LogP contribution >= 0.6 is 11.6 Å². The number of hydrogen-bond donors (Lipinski definition) is 1. The first-order valence-electron chi connectivity index (χ1n) is 6.24. The molecule has 1 aromatic heterocycles. The maximum Gasteiger partial charge on any atom is 0.251 e. The van der Waals surface area contributed by atoms with Crippen LogP contribution in [0.3, 0.4) is 0 Å². The zero-order valence-electron chi connectivity index (χ0n) is 11.1. The van der Waals surface area contributed by atoms with Crippen LogP contribution in [0, 0.1) is 13.8 Å². The second-order valence-electron chi connectivity index (χ2n) is 4.53. The summed E-state index contributed by atoms with van der Waals surface area (Å²) < 4.78 is 2.18. The average molecular weight is 277 g/mol. The first kappa shape index (κ1) is 13.7. The minimum absolute atomic E-state index is 0.0703. The van der Waals surface area contributed by atoms with Gasteiger partial charge in [0, 0.05) is 35.1 Å². The number of nitrogens with zero attached hydrogens (tertiary/aromatic N) is 1. The lowest BCUT2D eigenvalue weighted by atomic mass is 10.2. The van der Waals surface area contributed by atoms with Crippen LogP contribution in [-0.2, 0) is 6.54 Å². The molecule has 1 amide bonds. The Kier molecular flexibility index (Phi) is 4.27. The van der Waals surface area contributed by atoms with Crippen LogP contribution in [0.25, 0.3) is 0 Å². The summed E-state index contributed by atoms with van der Waals surface area (Å²) in [7, 11) is 0. The Morgan fingerprint density at radius 2 is 1.68 bits per heavy atom. The zero-order chi connectivity index (χ0) is 13.8. The summed E-state index contributed by atoms with van der Waals surface area (Å²) in [5.41, 5.74) is 3.04. The Labute approximate surface area is 118 Å². The molecule has 0 spiro atoms. The Bertz CT molecular complexity index is 553. The van der Waals surface area contributed by atoms with Crippen molar-refractivity contribution in [2.45, 2.75) is 20.4 Å². The van der Waals surface area contributed by atoms with Gasteiger partial charge in [-0.2, -0.15) is 0 Å². The molecule has 0 unspecified atom stereocenters. The molecule has 0 saturated heterocycles. The first-order valence-corrected chi connectivity index (χ1v) is 6.62. The quantitative estimate of drug-likeness (QED) is 0.914. The number of carbonyl (C=O) groups is 1. The molecule has 3 nitrogen and oxygen atoms in total. The van der Waals surface area contributed by atoms with Crippen LogP contribution in [0.2, 0.25) is 5.02 Å². The number of rotatable bonds is 4. The lowest BCUT2D eigenvalue weighted by molar-refractivity contribution is 0.0952. The van der Waals surface area contributed by atoms with Gasteiger partial charge in [0.25, 0.3) is 5.91 Å². The van der Waals surface area contributed by atoms with Gasteiger partial charge in [-0.1, -0.05) is 11.6 Å². The number of hydrogen-bond acceptors (Lipinski definition) is 1. The fourth-order valence-electron chi connectivity index (χ4n) is 2.04. The van der Waals surface area contributed by atoms with Crippen LogP contribution < -0.4 is 5.32 Å². The topological polar surface area (TPSA) is 34.0 Å². The lowest BCUT2D eigenvalue weighted by Gasteiger charge is -2.10. The van der Waals surface area contributed by atoms with Gasteiger partial charge in [-0.15, -0.1) is 0 Å². The Morgan fingerprint density at radius 1 is 1.11 bits per heavy atom. The molecule has 0 bridgehead atoms. The molecule has 2 aromatic rings. The van der Waals surface area contributed by atoms with Gasteiger partial charge >= 0.3 is 0 Å². The number of carbonyl (C=O) groups excluding carboxylic acids is 1. The van der Waals surface area contributed by atoms with E-state index in [-0.39, 0.29) is 5.91 Å². The fourth-order valence-corrected chi connectivity index (χ4v) is 2.16. The number of aryl methyl sites for hydroxylation is 2. The van der Waals surface area contributed by atoms with Gasteiger partial charge in [0.1, 0.15) is 0 Å². The van der Waals surface area contributed by atoms with Gasteiger partial charge in [-0.25, -0.2) is 0 Å². The van der Waals surface area contributed by atoms with Crippen molar-refractivity contribution in [3.05, 3.63) is 58.4 Å². The molecule has 19 heavy (non-hydrogen) atoms. The predicted molar refractivity (Wildman–Crippen MR) is 77.7 cm³/mol. The van der Waals surface area contributed by atoms with Gasteiger partial charge in [-0.3, -0.25) is 4.79 Å². The van der Waals surface area contributed by atoms with Gasteiger partial charge < -0.3 is 9.88 Å². The fraction of sp³-hybridized carbons (Fsp3) is 0.267. The minimum atomic E-state index is -0.0703. The highest BCUT2D eigenvalue weighted by Gasteiger charge is 2.05. The molecule has 100 valence electrons. The van der Waals surface area contributed by atoms with E-state index in [4.69, 9.17) is 11.6 Å².